The number of hydrogen-bond donors (Lipinski definition) is 0. The number of rotatable bonds is 4. The van der Waals surface area contributed by atoms with Gasteiger partial charge in [-0.15, -0.1) is 0 Å². The zero-order chi connectivity index (χ0) is 13.7. The summed E-state index contributed by atoms with van der Waals surface area (Å²) in [6, 6.07) is 3.98. The summed E-state index contributed by atoms with van der Waals surface area (Å²) < 4.78 is 23.1. The Morgan fingerprint density at radius 1 is 1.39 bits per heavy atom. The molecule has 98 valence electrons. The van der Waals surface area contributed by atoms with Gasteiger partial charge in [-0.05, 0) is 19.1 Å². The number of carbonyl (C=O) groups is 1. The van der Waals surface area contributed by atoms with Crippen LogP contribution in [0.4, 0.5) is 4.39 Å². The summed E-state index contributed by atoms with van der Waals surface area (Å²) in [7, 11) is 1.41. The Hall–Kier alpha value is -1.26. The SMILES string of the molecule is CCOC(=O)C(=C(Cl)Cl)c1ccc(OC)cc1F. The van der Waals surface area contributed by atoms with Gasteiger partial charge >= 0.3 is 5.97 Å². The average molecular weight is 293 g/mol. The van der Waals surface area contributed by atoms with Crippen LogP contribution in [0.3, 0.4) is 0 Å². The fourth-order valence-corrected chi connectivity index (χ4v) is 1.68. The number of hydrogen-bond acceptors (Lipinski definition) is 3. The molecule has 0 aliphatic rings. The van der Waals surface area contributed by atoms with Gasteiger partial charge in [-0.2, -0.15) is 0 Å². The number of ether oxygens (including phenoxy) is 2. The number of methoxy groups -OCH3 is 1. The van der Waals surface area contributed by atoms with Gasteiger partial charge in [-0.25, -0.2) is 9.18 Å². The Kier molecular flexibility index (Phi) is 5.44. The van der Waals surface area contributed by atoms with Crippen LogP contribution in [0.25, 0.3) is 5.57 Å². The summed E-state index contributed by atoms with van der Waals surface area (Å²) in [4.78, 5) is 11.6. The van der Waals surface area contributed by atoms with E-state index in [9.17, 15) is 9.18 Å². The van der Waals surface area contributed by atoms with Crippen molar-refractivity contribution in [2.75, 3.05) is 13.7 Å². The van der Waals surface area contributed by atoms with Crippen LogP contribution in [-0.2, 0) is 9.53 Å². The van der Waals surface area contributed by atoms with Crippen molar-refractivity contribution in [3.8, 4) is 5.75 Å². The highest BCUT2D eigenvalue weighted by atomic mass is 35.5. The number of esters is 1. The normalized spacial score (nSPS) is 9.83. The minimum atomic E-state index is -0.776. The predicted octanol–water partition coefficient (Wildman–Crippen LogP) is 3.54. The standard InChI is InChI=1S/C12H11Cl2FO3/c1-3-18-12(16)10(11(13)14)8-5-4-7(17-2)6-9(8)15/h4-6H,3H2,1-2H3. The molecule has 0 fully saturated rings. The van der Waals surface area contributed by atoms with Crippen molar-refractivity contribution in [3.63, 3.8) is 0 Å². The van der Waals surface area contributed by atoms with E-state index in [0.29, 0.717) is 5.75 Å². The maximum Gasteiger partial charge on any atom is 0.341 e. The predicted molar refractivity (Wildman–Crippen MR) is 68.2 cm³/mol. The first-order valence-corrected chi connectivity index (χ1v) is 5.83. The Balaban J connectivity index is 3.24. The van der Waals surface area contributed by atoms with E-state index in [1.165, 1.54) is 19.2 Å². The molecule has 0 spiro atoms. The third kappa shape index (κ3) is 3.37. The number of halogens is 3. The first kappa shape index (κ1) is 14.8. The van der Waals surface area contributed by atoms with Crippen LogP contribution in [0.2, 0.25) is 0 Å². The Morgan fingerprint density at radius 2 is 2.06 bits per heavy atom. The maximum atomic E-state index is 13.8. The summed E-state index contributed by atoms with van der Waals surface area (Å²) in [5, 5.41) is 0. The van der Waals surface area contributed by atoms with Crippen molar-refractivity contribution in [2.24, 2.45) is 0 Å². The molecule has 1 rings (SSSR count). The van der Waals surface area contributed by atoms with E-state index in [0.717, 1.165) is 6.07 Å². The van der Waals surface area contributed by atoms with Crippen molar-refractivity contribution in [3.05, 3.63) is 34.1 Å². The average Bonchev–Trinajstić information content (AvgIpc) is 2.31. The van der Waals surface area contributed by atoms with E-state index in [1.807, 2.05) is 0 Å². The summed E-state index contributed by atoms with van der Waals surface area (Å²) in [6.07, 6.45) is 0. The molecule has 6 heteroatoms. The molecule has 0 unspecified atom stereocenters. The molecule has 1 aromatic rings. The third-order valence-electron chi connectivity index (χ3n) is 2.11. The number of carbonyl (C=O) groups excluding carboxylic acids is 1. The summed E-state index contributed by atoms with van der Waals surface area (Å²) in [5.74, 6) is -1.12. The first-order valence-electron chi connectivity index (χ1n) is 5.07. The van der Waals surface area contributed by atoms with Gasteiger partial charge in [0.2, 0.25) is 0 Å². The van der Waals surface area contributed by atoms with E-state index in [1.54, 1.807) is 6.92 Å². The summed E-state index contributed by atoms with van der Waals surface area (Å²) >= 11 is 11.2. The molecule has 18 heavy (non-hydrogen) atoms. The molecule has 0 saturated heterocycles. The quantitative estimate of drug-likeness (QED) is 0.629. The van der Waals surface area contributed by atoms with E-state index >= 15 is 0 Å². The van der Waals surface area contributed by atoms with Crippen LogP contribution in [0, 0.1) is 5.82 Å². The third-order valence-corrected chi connectivity index (χ3v) is 2.49. The lowest BCUT2D eigenvalue weighted by molar-refractivity contribution is -0.136. The fraction of sp³-hybridized carbons (Fsp3) is 0.250. The second kappa shape index (κ2) is 6.61. The molecule has 0 heterocycles. The lowest BCUT2D eigenvalue weighted by Gasteiger charge is -2.09. The van der Waals surface area contributed by atoms with Crippen molar-refractivity contribution < 1.29 is 18.7 Å². The fourth-order valence-electron chi connectivity index (χ4n) is 1.32. The molecule has 0 aromatic heterocycles. The van der Waals surface area contributed by atoms with E-state index in [-0.39, 0.29) is 22.2 Å². The number of benzene rings is 1. The van der Waals surface area contributed by atoms with Crippen LogP contribution in [-0.4, -0.2) is 19.7 Å². The van der Waals surface area contributed by atoms with Crippen LogP contribution in [0.5, 0.6) is 5.75 Å². The molecular formula is C12H11Cl2FO3. The van der Waals surface area contributed by atoms with Crippen LogP contribution in [0.1, 0.15) is 12.5 Å². The molecule has 1 aromatic carbocycles. The van der Waals surface area contributed by atoms with Crippen LogP contribution < -0.4 is 4.74 Å². The smallest absolute Gasteiger partial charge is 0.341 e. The van der Waals surface area contributed by atoms with Gasteiger partial charge in [0.15, 0.2) is 0 Å². The first-order chi connectivity index (χ1) is 8.51. The van der Waals surface area contributed by atoms with Crippen molar-refractivity contribution in [1.82, 2.24) is 0 Å². The Labute approximate surface area is 114 Å². The summed E-state index contributed by atoms with van der Waals surface area (Å²) in [6.45, 7) is 1.77. The zero-order valence-electron chi connectivity index (χ0n) is 9.80. The van der Waals surface area contributed by atoms with Gasteiger partial charge in [0.05, 0.1) is 19.3 Å². The lowest BCUT2D eigenvalue weighted by atomic mass is 10.1. The molecule has 0 N–H and O–H groups in total. The second-order valence-corrected chi connectivity index (χ2v) is 4.15. The highest BCUT2D eigenvalue weighted by Gasteiger charge is 2.21. The highest BCUT2D eigenvalue weighted by Crippen LogP contribution is 2.29. The highest BCUT2D eigenvalue weighted by molar-refractivity contribution is 6.61. The lowest BCUT2D eigenvalue weighted by Crippen LogP contribution is -2.09. The van der Waals surface area contributed by atoms with Gasteiger partial charge in [0.1, 0.15) is 16.1 Å². The van der Waals surface area contributed by atoms with Gasteiger partial charge in [-0.3, -0.25) is 0 Å². The molecule has 0 atom stereocenters. The second-order valence-electron chi connectivity index (χ2n) is 3.20. The van der Waals surface area contributed by atoms with Gasteiger partial charge in [0.25, 0.3) is 0 Å². The van der Waals surface area contributed by atoms with Gasteiger partial charge in [-0.1, -0.05) is 23.2 Å². The zero-order valence-corrected chi connectivity index (χ0v) is 11.3. The summed E-state index contributed by atoms with van der Waals surface area (Å²) in [5.41, 5.74) is -0.241. The monoisotopic (exact) mass is 292 g/mol. The minimum Gasteiger partial charge on any atom is -0.497 e. The Morgan fingerprint density at radius 3 is 2.50 bits per heavy atom. The maximum absolute atomic E-state index is 13.8. The van der Waals surface area contributed by atoms with Gasteiger partial charge < -0.3 is 9.47 Å². The molecule has 0 amide bonds. The van der Waals surface area contributed by atoms with Crippen molar-refractivity contribution in [1.29, 1.82) is 0 Å². The molecular weight excluding hydrogens is 282 g/mol. The molecule has 3 nitrogen and oxygen atoms in total. The van der Waals surface area contributed by atoms with Crippen molar-refractivity contribution in [2.45, 2.75) is 6.92 Å². The molecule has 0 radical (unpaired) electrons. The molecule has 0 aliphatic heterocycles. The van der Waals surface area contributed by atoms with Crippen molar-refractivity contribution >= 4 is 34.7 Å². The van der Waals surface area contributed by atoms with Gasteiger partial charge in [0, 0.05) is 11.6 Å². The van der Waals surface area contributed by atoms with E-state index in [2.05, 4.69) is 0 Å². The van der Waals surface area contributed by atoms with E-state index in [4.69, 9.17) is 32.7 Å². The minimum absolute atomic E-state index is 0.0331. The van der Waals surface area contributed by atoms with E-state index < -0.39 is 11.8 Å². The largest absolute Gasteiger partial charge is 0.497 e. The topological polar surface area (TPSA) is 35.5 Å². The Bertz CT molecular complexity index is 482. The molecule has 0 saturated carbocycles. The molecule has 0 bridgehead atoms. The van der Waals surface area contributed by atoms with Crippen LogP contribution >= 0.6 is 23.2 Å². The van der Waals surface area contributed by atoms with Crippen LogP contribution in [0.15, 0.2) is 22.7 Å². The molecule has 0 aliphatic carbocycles.